The summed E-state index contributed by atoms with van der Waals surface area (Å²) in [7, 11) is 0. The number of amides is 2. The number of carboxylic acids is 2. The SMILES string of the molecule is C=CC1=C(C)[C@@H](Cc2[nH]c(CC3=C(CCC(=O)O)C(C)[C@@]4(/C=C5\NC(=O)[C@H](C)[C@H]5[C@@H](C)S)ON34)c(CCC(=O)O)c2C)NC1=O. The molecule has 5 N–H and O–H groups in total. The molecular formula is C33H42N4O7S. The van der Waals surface area contributed by atoms with Crippen LogP contribution in [0.4, 0.5) is 0 Å². The maximum absolute atomic E-state index is 12.6. The number of aromatic nitrogens is 1. The van der Waals surface area contributed by atoms with Crippen molar-refractivity contribution in [2.45, 2.75) is 90.2 Å². The summed E-state index contributed by atoms with van der Waals surface area (Å²) in [5, 5.41) is 26.8. The normalized spacial score (nSPS) is 28.9. The van der Waals surface area contributed by atoms with E-state index in [4.69, 9.17) is 4.84 Å². The molecule has 2 fully saturated rings. The molecule has 1 aromatic heterocycles. The van der Waals surface area contributed by atoms with Crippen molar-refractivity contribution in [3.05, 3.63) is 69.4 Å². The van der Waals surface area contributed by atoms with Crippen LogP contribution < -0.4 is 10.6 Å². The van der Waals surface area contributed by atoms with Crippen LogP contribution in [0.1, 0.15) is 69.5 Å². The van der Waals surface area contributed by atoms with E-state index in [1.54, 1.807) is 6.08 Å². The zero-order valence-electron chi connectivity index (χ0n) is 26.3. The monoisotopic (exact) mass is 638 g/mol. The molecule has 1 unspecified atom stereocenters. The lowest BCUT2D eigenvalue weighted by Crippen LogP contribution is -2.30. The largest absolute Gasteiger partial charge is 0.481 e. The van der Waals surface area contributed by atoms with Gasteiger partial charge in [0.2, 0.25) is 11.6 Å². The topological polar surface area (TPSA) is 164 Å². The number of hydrogen-bond donors (Lipinski definition) is 6. The number of aromatic amines is 1. The molecule has 4 aliphatic heterocycles. The van der Waals surface area contributed by atoms with Gasteiger partial charge in [0.15, 0.2) is 0 Å². The minimum absolute atomic E-state index is 0.0484. The minimum Gasteiger partial charge on any atom is -0.481 e. The number of H-pyrrole nitrogens is 1. The maximum Gasteiger partial charge on any atom is 0.303 e. The molecular weight excluding hydrogens is 596 g/mol. The highest BCUT2D eigenvalue weighted by Gasteiger charge is 2.65. The number of aliphatic carboxylic acids is 2. The average Bonchev–Trinajstić information content (AvgIpc) is 3.28. The highest BCUT2D eigenvalue weighted by atomic mass is 32.1. The van der Waals surface area contributed by atoms with E-state index in [1.165, 1.54) is 0 Å². The number of thiol groups is 1. The van der Waals surface area contributed by atoms with E-state index in [0.29, 0.717) is 31.3 Å². The molecule has 5 rings (SSSR count). The molecule has 4 aliphatic rings. The van der Waals surface area contributed by atoms with Gasteiger partial charge < -0.3 is 25.8 Å². The van der Waals surface area contributed by atoms with Crippen LogP contribution in [0.5, 0.6) is 0 Å². The summed E-state index contributed by atoms with van der Waals surface area (Å²) in [4.78, 5) is 58.1. The first kappa shape index (κ1) is 32.6. The Balaban J connectivity index is 1.50. The predicted octanol–water partition coefficient (Wildman–Crippen LogP) is 3.72. The second-order valence-corrected chi connectivity index (χ2v) is 13.5. The first-order chi connectivity index (χ1) is 21.2. The fraction of sp³-hybridized carbons (Fsp3) is 0.515. The zero-order valence-corrected chi connectivity index (χ0v) is 27.2. The minimum atomic E-state index is -0.905. The Kier molecular flexibility index (Phi) is 8.85. The van der Waals surface area contributed by atoms with Crippen LogP contribution in [-0.2, 0) is 43.3 Å². The van der Waals surface area contributed by atoms with Crippen molar-refractivity contribution in [3.8, 4) is 0 Å². The number of nitrogens with zero attached hydrogens (tertiary/aromatic N) is 1. The number of hydroxylamine groups is 2. The molecule has 0 aromatic carbocycles. The van der Waals surface area contributed by atoms with Gasteiger partial charge in [0.1, 0.15) is 0 Å². The molecule has 242 valence electrons. The highest BCUT2D eigenvalue weighted by Crippen LogP contribution is 2.58. The van der Waals surface area contributed by atoms with Gasteiger partial charge in [-0.05, 0) is 55.0 Å². The summed E-state index contributed by atoms with van der Waals surface area (Å²) in [6.07, 6.45) is 4.92. The molecule has 1 aromatic rings. The lowest BCUT2D eigenvalue weighted by atomic mass is 9.86. The standard InChI is InChI=1S/C33H42N4O7S/c1-7-20-15(2)24(35-32(20)43)12-23-16(3)21(8-10-28(38)39)25(34-23)13-27-22(9-11-29(40)41)18(5)33(37(27)44-33)14-26-30(19(6)45)17(4)31(42)36-26/h7,14,17-19,24,30,34,45H,1,8-13H2,2-6H3,(H,35,43)(H,36,42)(H,38,39)(H,40,41)/b26-14-/t17-,18?,19-,24-,30+,33-,37?/m1/s1. The van der Waals surface area contributed by atoms with Crippen LogP contribution in [0.25, 0.3) is 0 Å². The Bertz CT molecular complexity index is 1570. The van der Waals surface area contributed by atoms with E-state index in [0.717, 1.165) is 45.1 Å². The zero-order chi connectivity index (χ0) is 33.0. The number of nitrogens with one attached hydrogen (secondary N) is 3. The highest BCUT2D eigenvalue weighted by molar-refractivity contribution is 7.80. The van der Waals surface area contributed by atoms with Crippen molar-refractivity contribution < 1.29 is 34.2 Å². The molecule has 11 nitrogen and oxygen atoms in total. The molecule has 0 radical (unpaired) electrons. The van der Waals surface area contributed by atoms with E-state index in [-0.39, 0.29) is 53.7 Å². The summed E-state index contributed by atoms with van der Waals surface area (Å²) < 4.78 is 0. The van der Waals surface area contributed by atoms with Crippen molar-refractivity contribution in [2.24, 2.45) is 17.8 Å². The number of rotatable bonds is 13. The fourth-order valence-corrected chi connectivity index (χ4v) is 7.72. The number of carbonyl (C=O) groups excluding carboxylic acids is 2. The third-order valence-electron chi connectivity index (χ3n) is 9.96. The molecule has 0 saturated carbocycles. The number of carbonyl (C=O) groups is 4. The third-order valence-corrected chi connectivity index (χ3v) is 10.3. The second-order valence-electron chi connectivity index (χ2n) is 12.7. The van der Waals surface area contributed by atoms with Crippen LogP contribution in [0.2, 0.25) is 0 Å². The van der Waals surface area contributed by atoms with Crippen molar-refractivity contribution in [2.75, 3.05) is 0 Å². The van der Waals surface area contributed by atoms with E-state index < -0.39 is 17.7 Å². The van der Waals surface area contributed by atoms with Crippen molar-refractivity contribution in [1.29, 1.82) is 0 Å². The first-order valence-electron chi connectivity index (χ1n) is 15.4. The summed E-state index contributed by atoms with van der Waals surface area (Å²) in [5.41, 5.74) is 6.69. The molecule has 0 bridgehead atoms. The first-order valence-corrected chi connectivity index (χ1v) is 15.9. The van der Waals surface area contributed by atoms with Gasteiger partial charge >= 0.3 is 11.9 Å². The van der Waals surface area contributed by atoms with Crippen LogP contribution in [-0.4, -0.2) is 61.0 Å². The lowest BCUT2D eigenvalue weighted by molar-refractivity contribution is -0.138. The average molecular weight is 639 g/mol. The Morgan fingerprint density at radius 1 is 1.13 bits per heavy atom. The second kappa shape index (κ2) is 12.2. The number of fused-ring (bicyclic) bond motifs is 1. The molecule has 45 heavy (non-hydrogen) atoms. The van der Waals surface area contributed by atoms with Crippen molar-refractivity contribution in [3.63, 3.8) is 0 Å². The van der Waals surface area contributed by atoms with Gasteiger partial charge in [0.25, 0.3) is 5.91 Å². The number of carboxylic acid groups (broad SMARTS) is 2. The van der Waals surface area contributed by atoms with Gasteiger partial charge in [-0.3, -0.25) is 19.2 Å². The van der Waals surface area contributed by atoms with Gasteiger partial charge in [-0.1, -0.05) is 33.4 Å². The van der Waals surface area contributed by atoms with Gasteiger partial charge in [0, 0.05) is 71.3 Å². The lowest BCUT2D eigenvalue weighted by Gasteiger charge is -2.20. The Morgan fingerprint density at radius 2 is 1.80 bits per heavy atom. The summed E-state index contributed by atoms with van der Waals surface area (Å²) in [5.74, 6) is -2.60. The quantitative estimate of drug-likeness (QED) is 0.141. The number of hydrogen-bond acceptors (Lipinski definition) is 7. The smallest absolute Gasteiger partial charge is 0.303 e. The summed E-state index contributed by atoms with van der Waals surface area (Å²) in [6, 6.07) is -0.221. The van der Waals surface area contributed by atoms with Gasteiger partial charge in [0.05, 0.1) is 11.7 Å². The third kappa shape index (κ3) is 5.85. The molecule has 2 amide bonds. The van der Waals surface area contributed by atoms with E-state index >= 15 is 0 Å². The van der Waals surface area contributed by atoms with Gasteiger partial charge in [-0.2, -0.15) is 12.6 Å². The van der Waals surface area contributed by atoms with Crippen LogP contribution in [0.15, 0.2) is 46.8 Å². The molecule has 6 atom stereocenters. The maximum atomic E-state index is 12.6. The summed E-state index contributed by atoms with van der Waals surface area (Å²) >= 11 is 4.65. The molecule has 12 heteroatoms. The van der Waals surface area contributed by atoms with E-state index in [1.807, 2.05) is 45.8 Å². The van der Waals surface area contributed by atoms with Crippen molar-refractivity contribution in [1.82, 2.24) is 20.7 Å². The molecule has 0 aliphatic carbocycles. The fourth-order valence-electron chi connectivity index (χ4n) is 7.30. The van der Waals surface area contributed by atoms with Gasteiger partial charge in [-0.25, -0.2) is 9.90 Å². The van der Waals surface area contributed by atoms with Crippen LogP contribution in [0, 0.1) is 24.7 Å². The predicted molar refractivity (Wildman–Crippen MR) is 170 cm³/mol. The molecule has 5 heterocycles. The van der Waals surface area contributed by atoms with Gasteiger partial charge in [-0.15, -0.1) is 0 Å². The Hall–Kier alpha value is -3.77. The summed E-state index contributed by atoms with van der Waals surface area (Å²) in [6.45, 7) is 13.5. The Labute approximate surface area is 268 Å². The van der Waals surface area contributed by atoms with E-state index in [9.17, 15) is 29.4 Å². The van der Waals surface area contributed by atoms with Crippen LogP contribution >= 0.6 is 12.6 Å². The number of allylic oxidation sites excluding steroid dienone is 2. The molecule has 2 saturated heterocycles. The van der Waals surface area contributed by atoms with Crippen LogP contribution in [0.3, 0.4) is 0 Å². The van der Waals surface area contributed by atoms with E-state index in [2.05, 4.69) is 34.8 Å². The Morgan fingerprint density at radius 3 is 2.40 bits per heavy atom. The molecule has 0 spiro atoms. The van der Waals surface area contributed by atoms with Crippen molar-refractivity contribution >= 4 is 36.4 Å².